The predicted molar refractivity (Wildman–Crippen MR) is 86.3 cm³/mol. The van der Waals surface area contributed by atoms with Gasteiger partial charge in [-0.3, -0.25) is 4.55 Å². The number of hydrogen-bond acceptors (Lipinski definition) is 5. The second-order valence-electron chi connectivity index (χ2n) is 5.44. The van der Waals surface area contributed by atoms with Crippen LogP contribution in [-0.4, -0.2) is 35.3 Å². The minimum atomic E-state index is -4.38. The number of halogens is 1. The fraction of sp³-hybridized carbons (Fsp3) is 0.333. The van der Waals surface area contributed by atoms with Crippen LogP contribution < -0.4 is 0 Å². The molecule has 0 aliphatic heterocycles. The molecule has 0 atom stereocenters. The Balaban J connectivity index is 2.15. The molecule has 3 rings (SSSR count). The first-order valence-corrected chi connectivity index (χ1v) is 9.17. The Kier molecular flexibility index (Phi) is 4.37. The summed E-state index contributed by atoms with van der Waals surface area (Å²) >= 11 is 6.17. The lowest BCUT2D eigenvalue weighted by Crippen LogP contribution is -2.10. The lowest BCUT2D eigenvalue weighted by atomic mass is 10.1. The molecule has 9 heteroatoms. The second kappa shape index (κ2) is 6.19. The van der Waals surface area contributed by atoms with E-state index in [0.29, 0.717) is 11.3 Å². The molecule has 0 bridgehead atoms. The number of nitrogens with zero attached hydrogens (tertiary/aromatic N) is 2. The topological polar surface area (TPSA) is 98.5 Å². The summed E-state index contributed by atoms with van der Waals surface area (Å²) in [4.78, 5) is 11.8. The maximum absolute atomic E-state index is 12.1. The van der Waals surface area contributed by atoms with Gasteiger partial charge in [0.25, 0.3) is 10.1 Å². The Labute approximate surface area is 143 Å². The smallest absolute Gasteiger partial charge is 0.341 e. The van der Waals surface area contributed by atoms with Crippen molar-refractivity contribution in [2.75, 3.05) is 6.61 Å². The average molecular weight is 371 g/mol. The molecule has 1 aromatic heterocycles. The maximum atomic E-state index is 12.1. The summed E-state index contributed by atoms with van der Waals surface area (Å²) in [5.41, 5.74) is 1.26. The SMILES string of the molecule is CCOC(=O)c1cnn(-c2cc(S(=O)(=O)O)ccc2Cl)c1C1CC1. The Morgan fingerprint density at radius 1 is 1.46 bits per heavy atom. The van der Waals surface area contributed by atoms with Crippen LogP contribution in [0.25, 0.3) is 5.69 Å². The highest BCUT2D eigenvalue weighted by Gasteiger charge is 2.34. The van der Waals surface area contributed by atoms with Gasteiger partial charge in [0.1, 0.15) is 5.56 Å². The molecule has 1 aromatic carbocycles. The first-order chi connectivity index (χ1) is 11.3. The molecule has 1 N–H and O–H groups in total. The van der Waals surface area contributed by atoms with Crippen LogP contribution in [0.5, 0.6) is 0 Å². The number of ether oxygens (including phenoxy) is 1. The number of carbonyl (C=O) groups is 1. The summed E-state index contributed by atoms with van der Waals surface area (Å²) < 4.78 is 38.5. The first kappa shape index (κ1) is 16.9. The van der Waals surface area contributed by atoms with Gasteiger partial charge >= 0.3 is 5.97 Å². The van der Waals surface area contributed by atoms with E-state index < -0.39 is 16.1 Å². The number of carbonyl (C=O) groups excluding carboxylic acids is 1. The van der Waals surface area contributed by atoms with Gasteiger partial charge in [-0.2, -0.15) is 13.5 Å². The van der Waals surface area contributed by atoms with Gasteiger partial charge in [0.05, 0.1) is 34.1 Å². The molecule has 24 heavy (non-hydrogen) atoms. The minimum absolute atomic E-state index is 0.136. The lowest BCUT2D eigenvalue weighted by molar-refractivity contribution is 0.0525. The zero-order chi connectivity index (χ0) is 17.5. The number of benzene rings is 1. The summed E-state index contributed by atoms with van der Waals surface area (Å²) in [6.07, 6.45) is 3.18. The molecule has 0 unspecified atom stereocenters. The molecule has 1 fully saturated rings. The highest BCUT2D eigenvalue weighted by molar-refractivity contribution is 7.85. The minimum Gasteiger partial charge on any atom is -0.462 e. The monoisotopic (exact) mass is 370 g/mol. The third kappa shape index (κ3) is 3.17. The highest BCUT2D eigenvalue weighted by Crippen LogP contribution is 2.43. The van der Waals surface area contributed by atoms with Crippen LogP contribution in [0.15, 0.2) is 29.3 Å². The number of esters is 1. The fourth-order valence-corrected chi connectivity index (χ4v) is 3.18. The highest BCUT2D eigenvalue weighted by atomic mass is 35.5. The normalized spacial score (nSPS) is 14.6. The van der Waals surface area contributed by atoms with Crippen molar-refractivity contribution in [2.45, 2.75) is 30.6 Å². The molecule has 1 heterocycles. The molecule has 2 aromatic rings. The number of rotatable bonds is 5. The Morgan fingerprint density at radius 2 is 2.17 bits per heavy atom. The molecule has 7 nitrogen and oxygen atoms in total. The molecular formula is C15H15ClN2O5S. The van der Waals surface area contributed by atoms with E-state index in [9.17, 15) is 17.8 Å². The van der Waals surface area contributed by atoms with Crippen molar-refractivity contribution in [1.82, 2.24) is 9.78 Å². The quantitative estimate of drug-likeness (QED) is 0.641. The van der Waals surface area contributed by atoms with Crippen LogP contribution in [0, 0.1) is 0 Å². The summed E-state index contributed by atoms with van der Waals surface area (Å²) in [6.45, 7) is 1.96. The van der Waals surface area contributed by atoms with Gasteiger partial charge in [-0.05, 0) is 38.0 Å². The van der Waals surface area contributed by atoms with Gasteiger partial charge in [0.2, 0.25) is 0 Å². The predicted octanol–water partition coefficient (Wildman–Crippen LogP) is 2.83. The molecule has 0 spiro atoms. The average Bonchev–Trinajstić information content (AvgIpc) is 3.25. The maximum Gasteiger partial charge on any atom is 0.341 e. The molecule has 1 saturated carbocycles. The summed E-state index contributed by atoms with van der Waals surface area (Å²) in [5.74, 6) is -0.343. The van der Waals surface area contributed by atoms with Crippen molar-refractivity contribution < 1.29 is 22.5 Å². The largest absolute Gasteiger partial charge is 0.462 e. The third-order valence-electron chi connectivity index (χ3n) is 3.71. The first-order valence-electron chi connectivity index (χ1n) is 7.35. The zero-order valence-electron chi connectivity index (χ0n) is 12.8. The molecular weight excluding hydrogens is 356 g/mol. The van der Waals surface area contributed by atoms with Gasteiger partial charge in [0.15, 0.2) is 0 Å². The van der Waals surface area contributed by atoms with Crippen LogP contribution >= 0.6 is 11.6 Å². The van der Waals surface area contributed by atoms with Crippen molar-refractivity contribution in [3.8, 4) is 5.69 Å². The Hall–Kier alpha value is -1.90. The van der Waals surface area contributed by atoms with Gasteiger partial charge in [-0.1, -0.05) is 11.6 Å². The van der Waals surface area contributed by atoms with Crippen LogP contribution in [0.3, 0.4) is 0 Å². The van der Waals surface area contributed by atoms with E-state index in [1.807, 2.05) is 0 Å². The number of hydrogen-bond donors (Lipinski definition) is 1. The van der Waals surface area contributed by atoms with E-state index in [4.69, 9.17) is 16.3 Å². The molecule has 1 aliphatic rings. The van der Waals surface area contributed by atoms with Crippen molar-refractivity contribution >= 4 is 27.7 Å². The Bertz CT molecular complexity index is 903. The second-order valence-corrected chi connectivity index (χ2v) is 7.27. The Morgan fingerprint density at radius 3 is 2.75 bits per heavy atom. The van der Waals surface area contributed by atoms with E-state index >= 15 is 0 Å². The van der Waals surface area contributed by atoms with E-state index in [1.54, 1.807) is 6.92 Å². The van der Waals surface area contributed by atoms with E-state index in [2.05, 4.69) is 5.10 Å². The van der Waals surface area contributed by atoms with E-state index in [1.165, 1.54) is 29.1 Å². The molecule has 1 aliphatic carbocycles. The number of aromatic nitrogens is 2. The summed E-state index contributed by atoms with van der Waals surface area (Å²) in [5, 5.41) is 4.44. The summed E-state index contributed by atoms with van der Waals surface area (Å²) in [7, 11) is -4.38. The van der Waals surface area contributed by atoms with E-state index in [-0.39, 0.29) is 28.1 Å². The summed E-state index contributed by atoms with van der Waals surface area (Å²) in [6, 6.07) is 3.79. The standard InChI is InChI=1S/C15H15ClN2O5S/c1-2-23-15(19)11-8-17-18(14(11)9-3-4-9)13-7-10(24(20,21)22)5-6-12(13)16/h5-9H,2-4H2,1H3,(H,20,21,22). The van der Waals surface area contributed by atoms with Gasteiger partial charge < -0.3 is 4.74 Å². The van der Waals surface area contributed by atoms with Crippen molar-refractivity contribution in [3.05, 3.63) is 40.7 Å². The van der Waals surface area contributed by atoms with Crippen LogP contribution in [0.2, 0.25) is 5.02 Å². The van der Waals surface area contributed by atoms with Crippen molar-refractivity contribution in [1.29, 1.82) is 0 Å². The van der Waals surface area contributed by atoms with Gasteiger partial charge in [0, 0.05) is 5.92 Å². The van der Waals surface area contributed by atoms with Crippen molar-refractivity contribution in [3.63, 3.8) is 0 Å². The fourth-order valence-electron chi connectivity index (χ4n) is 2.48. The van der Waals surface area contributed by atoms with Gasteiger partial charge in [-0.25, -0.2) is 9.48 Å². The van der Waals surface area contributed by atoms with Gasteiger partial charge in [-0.15, -0.1) is 0 Å². The molecule has 0 amide bonds. The van der Waals surface area contributed by atoms with Crippen LogP contribution in [0.1, 0.15) is 41.7 Å². The third-order valence-corrected chi connectivity index (χ3v) is 4.88. The van der Waals surface area contributed by atoms with E-state index in [0.717, 1.165) is 12.8 Å². The molecule has 128 valence electrons. The van der Waals surface area contributed by atoms with Crippen LogP contribution in [0.4, 0.5) is 0 Å². The van der Waals surface area contributed by atoms with Crippen LogP contribution in [-0.2, 0) is 14.9 Å². The lowest BCUT2D eigenvalue weighted by Gasteiger charge is -2.11. The molecule has 0 saturated heterocycles. The zero-order valence-corrected chi connectivity index (χ0v) is 14.3. The molecule has 0 radical (unpaired) electrons. The van der Waals surface area contributed by atoms with Crippen molar-refractivity contribution in [2.24, 2.45) is 0 Å².